The first-order valence-electron chi connectivity index (χ1n) is 7.76. The van der Waals surface area contributed by atoms with Crippen LogP contribution in [0.5, 0.6) is 5.75 Å². The monoisotopic (exact) mass is 289 g/mol. The minimum absolute atomic E-state index is 0.330. The number of H-pyrrole nitrogens is 1. The number of benzene rings is 1. The fourth-order valence-electron chi connectivity index (χ4n) is 2.94. The Morgan fingerprint density at radius 2 is 2.14 bits per heavy atom. The number of hydrogen-bond donors (Lipinski definition) is 1. The van der Waals surface area contributed by atoms with Gasteiger partial charge in [-0.15, -0.1) is 0 Å². The van der Waals surface area contributed by atoms with E-state index < -0.39 is 0 Å². The van der Waals surface area contributed by atoms with Crippen LogP contribution >= 0.6 is 0 Å². The van der Waals surface area contributed by atoms with E-state index >= 15 is 0 Å². The third kappa shape index (κ3) is 3.04. The predicted octanol–water partition coefficient (Wildman–Crippen LogP) is 2.74. The fraction of sp³-hybridized carbons (Fsp3) is 0.562. The normalized spacial score (nSPS) is 18.0. The largest absolute Gasteiger partial charge is 0.494 e. The van der Waals surface area contributed by atoms with Crippen LogP contribution in [-0.4, -0.2) is 47.8 Å². The van der Waals surface area contributed by atoms with Crippen LogP contribution in [0.25, 0.3) is 11.0 Å². The maximum absolute atomic E-state index is 5.55. The van der Waals surface area contributed by atoms with Crippen LogP contribution in [0.1, 0.15) is 32.1 Å². The molecule has 1 aromatic carbocycles. The lowest BCUT2D eigenvalue weighted by atomic mass is 10.1. The Hall–Kier alpha value is -1.59. The molecule has 1 saturated heterocycles. The van der Waals surface area contributed by atoms with Crippen molar-refractivity contribution < 1.29 is 9.47 Å². The highest BCUT2D eigenvalue weighted by molar-refractivity contribution is 5.76. The van der Waals surface area contributed by atoms with Crippen molar-refractivity contribution in [2.45, 2.75) is 26.3 Å². The first-order chi connectivity index (χ1) is 10.3. The maximum Gasteiger partial charge on any atom is 0.124 e. The Morgan fingerprint density at radius 3 is 2.86 bits per heavy atom. The Labute approximate surface area is 125 Å². The molecule has 0 saturated carbocycles. The summed E-state index contributed by atoms with van der Waals surface area (Å²) in [5, 5.41) is 0. The van der Waals surface area contributed by atoms with Crippen LogP contribution < -0.4 is 4.74 Å². The van der Waals surface area contributed by atoms with Crippen molar-refractivity contribution in [2.75, 3.05) is 32.9 Å². The molecule has 0 aliphatic carbocycles. The molecular formula is C16H23N3O2. The molecule has 5 heteroatoms. The lowest BCUT2D eigenvalue weighted by Crippen LogP contribution is -2.39. The number of ether oxygens (including phenoxy) is 2. The van der Waals surface area contributed by atoms with E-state index in [0.29, 0.717) is 12.6 Å². The summed E-state index contributed by atoms with van der Waals surface area (Å²) < 4.78 is 11.0. The van der Waals surface area contributed by atoms with Gasteiger partial charge in [-0.3, -0.25) is 4.90 Å². The Morgan fingerprint density at radius 1 is 1.33 bits per heavy atom. The van der Waals surface area contributed by atoms with Crippen molar-refractivity contribution in [2.24, 2.45) is 0 Å². The van der Waals surface area contributed by atoms with Gasteiger partial charge in [0, 0.05) is 19.2 Å². The average molecular weight is 289 g/mol. The van der Waals surface area contributed by atoms with Crippen LogP contribution in [0.15, 0.2) is 18.2 Å². The van der Waals surface area contributed by atoms with E-state index in [1.165, 1.54) is 0 Å². The van der Waals surface area contributed by atoms with E-state index in [4.69, 9.17) is 14.5 Å². The Kier molecular flexibility index (Phi) is 4.41. The van der Waals surface area contributed by atoms with Crippen molar-refractivity contribution in [1.29, 1.82) is 0 Å². The van der Waals surface area contributed by atoms with Gasteiger partial charge in [0.25, 0.3) is 0 Å². The van der Waals surface area contributed by atoms with Crippen molar-refractivity contribution in [3.05, 3.63) is 24.0 Å². The first kappa shape index (κ1) is 14.4. The molecule has 0 radical (unpaired) electrons. The van der Waals surface area contributed by atoms with E-state index in [1.807, 2.05) is 25.1 Å². The SMILES string of the molecule is CCOc1ccc2nc(C(CC)N3CCOCC3)[nH]c2c1. The lowest BCUT2D eigenvalue weighted by molar-refractivity contribution is 0.0136. The third-order valence-electron chi connectivity index (χ3n) is 3.97. The molecule has 5 nitrogen and oxygen atoms in total. The number of imidazole rings is 1. The molecule has 21 heavy (non-hydrogen) atoms. The number of rotatable bonds is 5. The van der Waals surface area contributed by atoms with Gasteiger partial charge in [0.05, 0.1) is 36.9 Å². The fourth-order valence-corrected chi connectivity index (χ4v) is 2.94. The van der Waals surface area contributed by atoms with Crippen LogP contribution in [0.4, 0.5) is 0 Å². The number of hydrogen-bond acceptors (Lipinski definition) is 4. The molecule has 1 aliphatic rings. The number of aromatic nitrogens is 2. The van der Waals surface area contributed by atoms with E-state index in [9.17, 15) is 0 Å². The summed E-state index contributed by atoms with van der Waals surface area (Å²) in [5.41, 5.74) is 2.04. The standard InChI is InChI=1S/C16H23N3O2/c1-3-15(19-7-9-20-10-8-19)16-17-13-6-5-12(21-4-2)11-14(13)18-16/h5-6,11,15H,3-4,7-10H2,1-2H3,(H,17,18). The van der Waals surface area contributed by atoms with Crippen LogP contribution in [0.3, 0.4) is 0 Å². The van der Waals surface area contributed by atoms with E-state index in [0.717, 1.165) is 55.3 Å². The van der Waals surface area contributed by atoms with Gasteiger partial charge in [0.2, 0.25) is 0 Å². The highest BCUT2D eigenvalue weighted by Gasteiger charge is 2.23. The Bertz CT molecular complexity index is 590. The second-order valence-electron chi connectivity index (χ2n) is 5.31. The number of fused-ring (bicyclic) bond motifs is 1. The lowest BCUT2D eigenvalue weighted by Gasteiger charge is -2.32. The molecule has 3 rings (SSSR count). The van der Waals surface area contributed by atoms with Crippen LogP contribution in [-0.2, 0) is 4.74 Å². The van der Waals surface area contributed by atoms with Gasteiger partial charge in [-0.25, -0.2) is 4.98 Å². The third-order valence-corrected chi connectivity index (χ3v) is 3.97. The molecule has 1 atom stereocenters. The highest BCUT2D eigenvalue weighted by Crippen LogP contribution is 2.26. The quantitative estimate of drug-likeness (QED) is 0.919. The number of nitrogens with zero attached hydrogens (tertiary/aromatic N) is 2. The summed E-state index contributed by atoms with van der Waals surface area (Å²) in [4.78, 5) is 10.7. The number of morpholine rings is 1. The minimum Gasteiger partial charge on any atom is -0.494 e. The van der Waals surface area contributed by atoms with Crippen LogP contribution in [0.2, 0.25) is 0 Å². The summed E-state index contributed by atoms with van der Waals surface area (Å²) in [6.07, 6.45) is 1.04. The van der Waals surface area contributed by atoms with E-state index in [2.05, 4.69) is 16.8 Å². The van der Waals surface area contributed by atoms with Gasteiger partial charge in [-0.1, -0.05) is 6.92 Å². The molecule has 1 fully saturated rings. The number of aromatic amines is 1. The zero-order chi connectivity index (χ0) is 14.7. The second-order valence-corrected chi connectivity index (χ2v) is 5.31. The van der Waals surface area contributed by atoms with Crippen molar-refractivity contribution in [3.63, 3.8) is 0 Å². The molecule has 1 aromatic heterocycles. The minimum atomic E-state index is 0.330. The first-order valence-corrected chi connectivity index (χ1v) is 7.76. The summed E-state index contributed by atoms with van der Waals surface area (Å²) in [6, 6.07) is 6.36. The van der Waals surface area contributed by atoms with Gasteiger partial charge in [0.1, 0.15) is 11.6 Å². The number of nitrogens with one attached hydrogen (secondary N) is 1. The molecule has 1 N–H and O–H groups in total. The highest BCUT2D eigenvalue weighted by atomic mass is 16.5. The van der Waals surface area contributed by atoms with Crippen molar-refractivity contribution >= 4 is 11.0 Å². The Balaban J connectivity index is 1.87. The molecule has 0 spiro atoms. The molecule has 2 heterocycles. The van der Waals surface area contributed by atoms with Crippen molar-refractivity contribution in [3.8, 4) is 5.75 Å². The van der Waals surface area contributed by atoms with Gasteiger partial charge in [0.15, 0.2) is 0 Å². The van der Waals surface area contributed by atoms with Gasteiger partial charge < -0.3 is 14.5 Å². The molecule has 114 valence electrons. The average Bonchev–Trinajstić information content (AvgIpc) is 2.92. The molecule has 2 aromatic rings. The summed E-state index contributed by atoms with van der Waals surface area (Å²) in [7, 11) is 0. The van der Waals surface area contributed by atoms with E-state index in [-0.39, 0.29) is 0 Å². The summed E-state index contributed by atoms with van der Waals surface area (Å²) >= 11 is 0. The van der Waals surface area contributed by atoms with Gasteiger partial charge in [-0.05, 0) is 25.5 Å². The molecule has 0 amide bonds. The zero-order valence-electron chi connectivity index (χ0n) is 12.8. The van der Waals surface area contributed by atoms with E-state index in [1.54, 1.807) is 0 Å². The summed E-state index contributed by atoms with van der Waals surface area (Å²) in [5.74, 6) is 1.93. The van der Waals surface area contributed by atoms with Crippen molar-refractivity contribution in [1.82, 2.24) is 14.9 Å². The molecule has 0 bridgehead atoms. The van der Waals surface area contributed by atoms with Gasteiger partial charge >= 0.3 is 0 Å². The second kappa shape index (κ2) is 6.45. The zero-order valence-corrected chi connectivity index (χ0v) is 12.8. The van der Waals surface area contributed by atoms with Gasteiger partial charge in [-0.2, -0.15) is 0 Å². The summed E-state index contributed by atoms with van der Waals surface area (Å²) in [6.45, 7) is 8.45. The maximum atomic E-state index is 5.55. The molecular weight excluding hydrogens is 266 g/mol. The predicted molar refractivity (Wildman–Crippen MR) is 82.7 cm³/mol. The smallest absolute Gasteiger partial charge is 0.124 e. The van der Waals surface area contributed by atoms with Crippen LogP contribution in [0, 0.1) is 0 Å². The molecule has 1 unspecified atom stereocenters. The topological polar surface area (TPSA) is 50.4 Å². The molecule has 1 aliphatic heterocycles.